The lowest BCUT2D eigenvalue weighted by molar-refractivity contribution is 0.783. The van der Waals surface area contributed by atoms with E-state index in [-0.39, 0.29) is 0 Å². The zero-order valence-corrected chi connectivity index (χ0v) is 31.2. The molecule has 0 saturated heterocycles. The number of hydrogen-bond acceptors (Lipinski definition) is 1. The number of aryl methyl sites for hydroxylation is 3. The van der Waals surface area contributed by atoms with E-state index in [9.17, 15) is 0 Å². The Kier molecular flexibility index (Phi) is 7.35. The summed E-state index contributed by atoms with van der Waals surface area (Å²) in [6.45, 7) is 9.20. The van der Waals surface area contributed by atoms with Gasteiger partial charge in [-0.15, -0.1) is 0 Å². The van der Waals surface area contributed by atoms with Gasteiger partial charge in [-0.05, 0) is 130 Å². The molecule has 0 aromatic heterocycles. The van der Waals surface area contributed by atoms with Gasteiger partial charge in [-0.3, -0.25) is 0 Å². The number of para-hydroxylation sites is 1. The minimum atomic E-state index is -0.442. The summed E-state index contributed by atoms with van der Waals surface area (Å²) in [5, 5.41) is 0. The van der Waals surface area contributed by atoms with Gasteiger partial charge in [0.2, 0.25) is 0 Å². The van der Waals surface area contributed by atoms with Gasteiger partial charge in [0.05, 0.1) is 16.8 Å². The number of hydrogen-bond donors (Lipinski definition) is 0. The Labute approximate surface area is 318 Å². The van der Waals surface area contributed by atoms with E-state index in [0.29, 0.717) is 0 Å². The number of nitrogens with zero attached hydrogens (tertiary/aromatic N) is 1. The third kappa shape index (κ3) is 4.58. The molecule has 0 radical (unpaired) electrons. The monoisotopic (exact) mass is 691 g/mol. The van der Waals surface area contributed by atoms with Crippen molar-refractivity contribution in [1.82, 2.24) is 0 Å². The first-order valence-corrected chi connectivity index (χ1v) is 19.0. The minimum absolute atomic E-state index is 0.442. The SMILES string of the molecule is Cc1cc2c(cc1C)C1(c3ccccc3-c3ccccc31)c1c(C)c(C)cc(N(c3ccc(-c4ccccc4)cc3)c3ccccc3-c3ccccc3)c1-2. The molecule has 0 aliphatic heterocycles. The van der Waals surface area contributed by atoms with Crippen LogP contribution >= 0.6 is 0 Å². The van der Waals surface area contributed by atoms with Gasteiger partial charge in [0, 0.05) is 16.8 Å². The molecule has 0 saturated carbocycles. The molecular formula is C53H41N. The maximum atomic E-state index is 2.53. The lowest BCUT2D eigenvalue weighted by Gasteiger charge is -2.34. The average Bonchev–Trinajstić information content (AvgIpc) is 3.68. The Bertz CT molecular complexity index is 2690. The third-order valence-electron chi connectivity index (χ3n) is 12.2. The van der Waals surface area contributed by atoms with E-state index < -0.39 is 5.41 Å². The van der Waals surface area contributed by atoms with Gasteiger partial charge in [-0.2, -0.15) is 0 Å². The molecule has 1 nitrogen and oxygen atoms in total. The van der Waals surface area contributed by atoms with Gasteiger partial charge in [0.25, 0.3) is 0 Å². The molecule has 0 bridgehead atoms. The lowest BCUT2D eigenvalue weighted by atomic mass is 9.68. The molecule has 0 heterocycles. The Morgan fingerprint density at radius 1 is 0.370 bits per heavy atom. The molecule has 10 rings (SSSR count). The largest absolute Gasteiger partial charge is 0.309 e. The van der Waals surface area contributed by atoms with Gasteiger partial charge in [0.15, 0.2) is 0 Å². The Morgan fingerprint density at radius 2 is 0.889 bits per heavy atom. The first kappa shape index (κ1) is 32.2. The normalized spacial score (nSPS) is 13.0. The van der Waals surface area contributed by atoms with Crippen LogP contribution in [0.25, 0.3) is 44.5 Å². The van der Waals surface area contributed by atoms with Crippen molar-refractivity contribution in [3.63, 3.8) is 0 Å². The molecule has 0 amide bonds. The molecule has 1 spiro atoms. The highest BCUT2D eigenvalue weighted by Gasteiger charge is 2.53. The van der Waals surface area contributed by atoms with E-state index in [0.717, 1.165) is 11.4 Å². The summed E-state index contributed by atoms with van der Waals surface area (Å²) >= 11 is 0. The summed E-state index contributed by atoms with van der Waals surface area (Å²) in [7, 11) is 0. The quantitative estimate of drug-likeness (QED) is 0.174. The topological polar surface area (TPSA) is 3.24 Å². The molecule has 54 heavy (non-hydrogen) atoms. The van der Waals surface area contributed by atoms with Gasteiger partial charge in [0.1, 0.15) is 0 Å². The number of rotatable bonds is 5. The fraction of sp³-hybridized carbons (Fsp3) is 0.0943. The van der Waals surface area contributed by atoms with E-state index in [2.05, 4.69) is 209 Å². The zero-order chi connectivity index (χ0) is 36.6. The third-order valence-corrected chi connectivity index (χ3v) is 12.2. The van der Waals surface area contributed by atoms with Crippen LogP contribution in [0.3, 0.4) is 0 Å². The van der Waals surface area contributed by atoms with E-state index >= 15 is 0 Å². The molecule has 0 unspecified atom stereocenters. The van der Waals surface area contributed by atoms with Crippen molar-refractivity contribution in [2.45, 2.75) is 33.1 Å². The van der Waals surface area contributed by atoms with Crippen LogP contribution in [-0.4, -0.2) is 0 Å². The predicted molar refractivity (Wildman–Crippen MR) is 227 cm³/mol. The fourth-order valence-electron chi connectivity index (χ4n) is 9.45. The average molecular weight is 692 g/mol. The van der Waals surface area contributed by atoms with Gasteiger partial charge >= 0.3 is 0 Å². The van der Waals surface area contributed by atoms with Crippen LogP contribution < -0.4 is 4.90 Å². The molecule has 2 aliphatic rings. The lowest BCUT2D eigenvalue weighted by Crippen LogP contribution is -2.27. The van der Waals surface area contributed by atoms with E-state index in [1.807, 2.05) is 0 Å². The van der Waals surface area contributed by atoms with Crippen LogP contribution in [-0.2, 0) is 5.41 Å². The summed E-state index contributed by atoms with van der Waals surface area (Å²) < 4.78 is 0. The van der Waals surface area contributed by atoms with Crippen molar-refractivity contribution < 1.29 is 0 Å². The molecule has 0 fully saturated rings. The second-order valence-corrected chi connectivity index (χ2v) is 15.0. The molecule has 2 aliphatic carbocycles. The summed E-state index contributed by atoms with van der Waals surface area (Å²) in [5.74, 6) is 0. The second kappa shape index (κ2) is 12.3. The highest BCUT2D eigenvalue weighted by Crippen LogP contribution is 2.66. The molecule has 0 atom stereocenters. The molecule has 8 aromatic carbocycles. The van der Waals surface area contributed by atoms with Crippen LogP contribution in [0.4, 0.5) is 17.1 Å². The maximum absolute atomic E-state index is 2.53. The number of benzene rings is 8. The first-order valence-electron chi connectivity index (χ1n) is 19.0. The van der Waals surface area contributed by atoms with E-state index in [1.54, 1.807) is 0 Å². The second-order valence-electron chi connectivity index (χ2n) is 15.0. The van der Waals surface area contributed by atoms with Crippen molar-refractivity contribution in [3.05, 3.63) is 220 Å². The Balaban J connectivity index is 1.33. The minimum Gasteiger partial charge on any atom is -0.309 e. The highest BCUT2D eigenvalue weighted by molar-refractivity contribution is 6.03. The van der Waals surface area contributed by atoms with Crippen LogP contribution in [0.5, 0.6) is 0 Å². The van der Waals surface area contributed by atoms with Crippen molar-refractivity contribution in [1.29, 1.82) is 0 Å². The summed E-state index contributed by atoms with van der Waals surface area (Å²) in [6, 6.07) is 65.2. The van der Waals surface area contributed by atoms with Gasteiger partial charge in [-0.25, -0.2) is 0 Å². The molecule has 8 aromatic rings. The van der Waals surface area contributed by atoms with Gasteiger partial charge in [-0.1, -0.05) is 152 Å². The summed E-state index contributed by atoms with van der Waals surface area (Å²) in [6.07, 6.45) is 0. The first-order chi connectivity index (χ1) is 26.5. The molecular weight excluding hydrogens is 651 g/mol. The Hall–Kier alpha value is -6.44. The molecule has 258 valence electrons. The molecule has 0 N–H and O–H groups in total. The number of fused-ring (bicyclic) bond motifs is 10. The van der Waals surface area contributed by atoms with Crippen LogP contribution in [0.15, 0.2) is 176 Å². The summed E-state index contributed by atoms with van der Waals surface area (Å²) in [4.78, 5) is 2.53. The smallest absolute Gasteiger partial charge is 0.0729 e. The van der Waals surface area contributed by atoms with Crippen molar-refractivity contribution >= 4 is 17.1 Å². The van der Waals surface area contributed by atoms with Crippen LogP contribution in [0.1, 0.15) is 44.5 Å². The highest BCUT2D eigenvalue weighted by atomic mass is 15.1. The van der Waals surface area contributed by atoms with Crippen molar-refractivity contribution in [3.8, 4) is 44.5 Å². The maximum Gasteiger partial charge on any atom is 0.0729 e. The van der Waals surface area contributed by atoms with Crippen molar-refractivity contribution in [2.24, 2.45) is 0 Å². The summed E-state index contributed by atoms with van der Waals surface area (Å²) in [5.41, 5.74) is 23.9. The van der Waals surface area contributed by atoms with E-state index in [4.69, 9.17) is 0 Å². The van der Waals surface area contributed by atoms with Crippen molar-refractivity contribution in [2.75, 3.05) is 4.90 Å². The van der Waals surface area contributed by atoms with Crippen LogP contribution in [0, 0.1) is 27.7 Å². The van der Waals surface area contributed by atoms with Crippen LogP contribution in [0.2, 0.25) is 0 Å². The van der Waals surface area contributed by atoms with E-state index in [1.165, 1.54) is 94.7 Å². The predicted octanol–water partition coefficient (Wildman–Crippen LogP) is 14.1. The zero-order valence-electron chi connectivity index (χ0n) is 31.2. The fourth-order valence-corrected chi connectivity index (χ4v) is 9.45. The van der Waals surface area contributed by atoms with Gasteiger partial charge < -0.3 is 4.90 Å². The number of anilines is 3. The standard InChI is InChI=1S/C53H41N/c1-34-31-45-48(32-35(34)2)53(46-24-14-11-22-43(46)44-23-12-15-25-47(44)53)52-37(4)36(3)33-50(51(45)52)54(41-29-27-39(28-30-41)38-17-7-5-8-18-38)49-26-16-13-21-42(49)40-19-9-6-10-20-40/h5-33H,1-4H3. The Morgan fingerprint density at radius 3 is 1.54 bits per heavy atom. The molecule has 1 heteroatoms.